The summed E-state index contributed by atoms with van der Waals surface area (Å²) in [5.41, 5.74) is 1.74. The second-order valence-corrected chi connectivity index (χ2v) is 8.88. The van der Waals surface area contributed by atoms with Crippen molar-refractivity contribution in [2.24, 2.45) is 10.1 Å². The standard InChI is InChI=1S/C27H21N5O5S/c1-3-36-22-14-16(6-11-21(22)37-26(34)17-7-9-19(35-2)10-8-17)13-20-23(28)32-27(30-24(20)33)38-25(31-32)18-5-4-12-29-15-18/h4-15,28H,3H2,1-2H3/b20-13-,28-23?. The molecule has 0 saturated carbocycles. The van der Waals surface area contributed by atoms with Gasteiger partial charge in [0.25, 0.3) is 5.91 Å². The van der Waals surface area contributed by atoms with Gasteiger partial charge in [0.2, 0.25) is 5.17 Å². The topological polar surface area (TPSA) is 127 Å². The number of methoxy groups -OCH3 is 1. The van der Waals surface area contributed by atoms with Crippen LogP contribution in [-0.4, -0.2) is 51.6 Å². The maximum absolute atomic E-state index is 12.8. The molecule has 2 aliphatic rings. The van der Waals surface area contributed by atoms with Gasteiger partial charge in [-0.1, -0.05) is 6.07 Å². The molecule has 5 rings (SSSR count). The predicted octanol–water partition coefficient (Wildman–Crippen LogP) is 4.38. The largest absolute Gasteiger partial charge is 0.497 e. The van der Waals surface area contributed by atoms with Crippen LogP contribution in [-0.2, 0) is 4.79 Å². The van der Waals surface area contributed by atoms with Crippen molar-refractivity contribution in [3.63, 3.8) is 0 Å². The van der Waals surface area contributed by atoms with Gasteiger partial charge in [-0.2, -0.15) is 15.1 Å². The maximum atomic E-state index is 12.8. The molecule has 0 fully saturated rings. The van der Waals surface area contributed by atoms with E-state index >= 15 is 0 Å². The number of carbonyl (C=O) groups excluding carboxylic acids is 2. The van der Waals surface area contributed by atoms with E-state index in [4.69, 9.17) is 19.6 Å². The average molecular weight is 528 g/mol. The second kappa shape index (κ2) is 10.7. The molecule has 11 heteroatoms. The molecule has 3 heterocycles. The molecule has 0 spiro atoms. The molecular weight excluding hydrogens is 506 g/mol. The molecule has 1 amide bonds. The number of amidine groups is 2. The molecule has 2 aliphatic heterocycles. The lowest BCUT2D eigenvalue weighted by molar-refractivity contribution is -0.114. The summed E-state index contributed by atoms with van der Waals surface area (Å²) in [5.74, 6) is -0.0405. The number of hydrogen-bond acceptors (Lipinski definition) is 9. The average Bonchev–Trinajstić information content (AvgIpc) is 3.37. The first-order chi connectivity index (χ1) is 18.5. The number of esters is 1. The zero-order chi connectivity index (χ0) is 26.6. The van der Waals surface area contributed by atoms with E-state index in [-0.39, 0.29) is 17.2 Å². The molecule has 0 radical (unpaired) electrons. The van der Waals surface area contributed by atoms with E-state index in [0.717, 1.165) is 5.56 Å². The Morgan fingerprint density at radius 1 is 1.13 bits per heavy atom. The lowest BCUT2D eigenvalue weighted by Crippen LogP contribution is -2.35. The van der Waals surface area contributed by atoms with Gasteiger partial charge in [-0.15, -0.1) is 0 Å². The van der Waals surface area contributed by atoms with Crippen molar-refractivity contribution < 1.29 is 23.8 Å². The lowest BCUT2D eigenvalue weighted by atomic mass is 10.1. The number of aliphatic imine (C=N–C) groups is 1. The van der Waals surface area contributed by atoms with Crippen molar-refractivity contribution in [1.82, 2.24) is 9.99 Å². The van der Waals surface area contributed by atoms with Gasteiger partial charge in [0.15, 0.2) is 17.3 Å². The van der Waals surface area contributed by atoms with Crippen LogP contribution in [0.4, 0.5) is 0 Å². The first-order valence-corrected chi connectivity index (χ1v) is 12.3. The molecule has 1 N–H and O–H groups in total. The van der Waals surface area contributed by atoms with Gasteiger partial charge in [0.1, 0.15) is 10.8 Å². The Bertz CT molecular complexity index is 1520. The number of hydrogen-bond donors (Lipinski definition) is 1. The van der Waals surface area contributed by atoms with Gasteiger partial charge in [0, 0.05) is 18.0 Å². The third kappa shape index (κ3) is 5.04. The summed E-state index contributed by atoms with van der Waals surface area (Å²) < 4.78 is 16.4. The fourth-order valence-corrected chi connectivity index (χ4v) is 4.50. The number of rotatable bonds is 7. The van der Waals surface area contributed by atoms with Crippen LogP contribution in [0.25, 0.3) is 6.08 Å². The molecule has 3 aromatic rings. The molecular formula is C27H21N5O5S. The highest BCUT2D eigenvalue weighted by Gasteiger charge is 2.36. The number of nitrogens with one attached hydrogen (secondary N) is 1. The number of hydrazone groups is 1. The zero-order valence-corrected chi connectivity index (χ0v) is 21.2. The van der Waals surface area contributed by atoms with Crippen LogP contribution in [0.5, 0.6) is 17.2 Å². The van der Waals surface area contributed by atoms with E-state index in [1.54, 1.807) is 75.0 Å². The Morgan fingerprint density at radius 2 is 1.95 bits per heavy atom. The first kappa shape index (κ1) is 24.9. The summed E-state index contributed by atoms with van der Waals surface area (Å²) in [6.45, 7) is 2.13. The third-order valence-electron chi connectivity index (χ3n) is 5.47. The number of amides is 1. The minimum Gasteiger partial charge on any atom is -0.497 e. The van der Waals surface area contributed by atoms with E-state index in [1.807, 2.05) is 6.07 Å². The SMILES string of the molecule is CCOc1cc(/C=C2/C(=N)N3N=C(c4cccnc4)SC3=NC2=O)ccc1OC(=O)c1ccc(OC)cc1. The van der Waals surface area contributed by atoms with Crippen molar-refractivity contribution in [3.8, 4) is 17.2 Å². The highest BCUT2D eigenvalue weighted by molar-refractivity contribution is 8.27. The van der Waals surface area contributed by atoms with Crippen molar-refractivity contribution in [2.45, 2.75) is 6.92 Å². The summed E-state index contributed by atoms with van der Waals surface area (Å²) in [5, 5.41) is 15.3. The van der Waals surface area contributed by atoms with Crippen LogP contribution in [0.15, 0.2) is 82.7 Å². The fraction of sp³-hybridized carbons (Fsp3) is 0.111. The van der Waals surface area contributed by atoms with Gasteiger partial charge in [-0.05, 0) is 78.9 Å². The molecule has 0 bridgehead atoms. The molecule has 0 atom stereocenters. The number of carbonyl (C=O) groups is 2. The molecule has 1 aromatic heterocycles. The highest BCUT2D eigenvalue weighted by Crippen LogP contribution is 2.33. The van der Waals surface area contributed by atoms with E-state index in [1.165, 1.54) is 22.8 Å². The smallest absolute Gasteiger partial charge is 0.343 e. The maximum Gasteiger partial charge on any atom is 0.343 e. The Hall–Kier alpha value is -4.77. The number of fused-ring (bicyclic) bond motifs is 1. The molecule has 10 nitrogen and oxygen atoms in total. The summed E-state index contributed by atoms with van der Waals surface area (Å²) in [4.78, 5) is 33.7. The fourth-order valence-electron chi connectivity index (χ4n) is 3.62. The van der Waals surface area contributed by atoms with Crippen molar-refractivity contribution in [1.29, 1.82) is 5.41 Å². The van der Waals surface area contributed by atoms with Crippen LogP contribution >= 0.6 is 11.8 Å². The Kier molecular flexibility index (Phi) is 7.00. The Morgan fingerprint density at radius 3 is 2.66 bits per heavy atom. The predicted molar refractivity (Wildman–Crippen MR) is 144 cm³/mol. The van der Waals surface area contributed by atoms with Crippen molar-refractivity contribution in [2.75, 3.05) is 13.7 Å². The highest BCUT2D eigenvalue weighted by atomic mass is 32.2. The second-order valence-electron chi connectivity index (χ2n) is 7.92. The normalized spacial score (nSPS) is 15.6. The minimum atomic E-state index is -0.556. The molecule has 0 saturated heterocycles. The van der Waals surface area contributed by atoms with E-state index < -0.39 is 11.9 Å². The lowest BCUT2D eigenvalue weighted by Gasteiger charge is -2.20. The van der Waals surface area contributed by atoms with Crippen LogP contribution in [0.3, 0.4) is 0 Å². The number of nitrogens with zero attached hydrogens (tertiary/aromatic N) is 4. The molecule has 2 aromatic carbocycles. The van der Waals surface area contributed by atoms with Gasteiger partial charge in [-0.3, -0.25) is 15.2 Å². The van der Waals surface area contributed by atoms with E-state index in [9.17, 15) is 9.59 Å². The summed E-state index contributed by atoms with van der Waals surface area (Å²) >= 11 is 1.20. The number of benzene rings is 2. The van der Waals surface area contributed by atoms with Gasteiger partial charge in [-0.25, -0.2) is 4.79 Å². The summed E-state index contributed by atoms with van der Waals surface area (Å²) in [7, 11) is 1.54. The minimum absolute atomic E-state index is 0.0657. The van der Waals surface area contributed by atoms with E-state index in [2.05, 4.69) is 15.1 Å². The number of thioether (sulfide) groups is 1. The van der Waals surface area contributed by atoms with Crippen LogP contribution < -0.4 is 14.2 Å². The molecule has 0 aliphatic carbocycles. The van der Waals surface area contributed by atoms with Gasteiger partial charge >= 0.3 is 5.97 Å². The summed E-state index contributed by atoms with van der Waals surface area (Å²) in [6.07, 6.45) is 4.85. The van der Waals surface area contributed by atoms with Crippen molar-refractivity contribution >= 4 is 45.8 Å². The summed E-state index contributed by atoms with van der Waals surface area (Å²) in [6, 6.07) is 15.1. The van der Waals surface area contributed by atoms with Gasteiger partial charge in [0.05, 0.1) is 24.9 Å². The molecule has 38 heavy (non-hydrogen) atoms. The Labute approximate surface area is 222 Å². The third-order valence-corrected chi connectivity index (χ3v) is 6.43. The molecule has 0 unspecified atom stereocenters. The van der Waals surface area contributed by atoms with Crippen LogP contribution in [0, 0.1) is 5.41 Å². The quantitative estimate of drug-likeness (QED) is 0.273. The first-order valence-electron chi connectivity index (χ1n) is 11.5. The van der Waals surface area contributed by atoms with Gasteiger partial charge < -0.3 is 14.2 Å². The zero-order valence-electron chi connectivity index (χ0n) is 20.4. The molecule has 190 valence electrons. The Balaban J connectivity index is 1.39. The number of ether oxygens (including phenoxy) is 3. The number of aromatic nitrogens is 1. The van der Waals surface area contributed by atoms with Crippen LogP contribution in [0.2, 0.25) is 0 Å². The van der Waals surface area contributed by atoms with Crippen molar-refractivity contribution in [3.05, 3.63) is 89.3 Å². The van der Waals surface area contributed by atoms with E-state index in [0.29, 0.717) is 39.4 Å². The monoisotopic (exact) mass is 527 g/mol. The number of pyridine rings is 1. The van der Waals surface area contributed by atoms with Crippen LogP contribution in [0.1, 0.15) is 28.4 Å².